The second-order valence-corrected chi connectivity index (χ2v) is 4.50. The molecule has 0 atom stereocenters. The number of esters is 1. The topological polar surface area (TPSA) is 61.2 Å². The van der Waals surface area contributed by atoms with Gasteiger partial charge in [0.1, 0.15) is 17.9 Å². The monoisotopic (exact) mass is 308 g/mol. The number of alkyl halides is 4. The summed E-state index contributed by atoms with van der Waals surface area (Å²) in [6.45, 7) is 0.782. The first-order chi connectivity index (χ1) is 9.77. The fourth-order valence-electron chi connectivity index (χ4n) is 2.24. The molecule has 0 spiro atoms. The van der Waals surface area contributed by atoms with Gasteiger partial charge in [-0.2, -0.15) is 13.9 Å². The molecule has 0 aliphatic heterocycles. The Hall–Kier alpha value is -1.93. The first-order valence-electron chi connectivity index (χ1n) is 6.24. The van der Waals surface area contributed by atoms with E-state index in [0.29, 0.717) is 4.68 Å². The van der Waals surface area contributed by atoms with Crippen molar-refractivity contribution in [2.24, 2.45) is 0 Å². The van der Waals surface area contributed by atoms with Crippen LogP contribution in [0.4, 0.5) is 17.6 Å². The lowest BCUT2D eigenvalue weighted by Gasteiger charge is -2.23. The van der Waals surface area contributed by atoms with Crippen LogP contribution in [0.2, 0.25) is 0 Å². The molecule has 9 heteroatoms. The second-order valence-electron chi connectivity index (χ2n) is 4.50. The molecule has 0 N–H and O–H groups in total. The summed E-state index contributed by atoms with van der Waals surface area (Å²) in [5, 5.41) is 3.32. The Morgan fingerprint density at radius 3 is 2.71 bits per heavy atom. The van der Waals surface area contributed by atoms with Crippen LogP contribution in [0, 0.1) is 0 Å². The average molecular weight is 308 g/mol. The molecule has 116 valence electrons. The summed E-state index contributed by atoms with van der Waals surface area (Å²) in [6.07, 6.45) is -4.51. The van der Waals surface area contributed by atoms with Crippen molar-refractivity contribution in [1.29, 1.82) is 0 Å². The number of nitrogens with zero attached hydrogens (tertiary/aromatic N) is 2. The average Bonchev–Trinajstić information content (AvgIpc) is 2.76. The smallest absolute Gasteiger partial charge is 0.327 e. The van der Waals surface area contributed by atoms with E-state index in [9.17, 15) is 27.2 Å². The van der Waals surface area contributed by atoms with Crippen molar-refractivity contribution in [2.75, 3.05) is 6.61 Å². The van der Waals surface area contributed by atoms with E-state index in [1.165, 1.54) is 6.92 Å². The van der Waals surface area contributed by atoms with Gasteiger partial charge in [-0.05, 0) is 6.92 Å². The molecule has 21 heavy (non-hydrogen) atoms. The fraction of sp³-hybridized carbons (Fsp3) is 0.583. The third kappa shape index (κ3) is 2.77. The minimum absolute atomic E-state index is 0.0132. The molecule has 1 aliphatic rings. The molecule has 0 unspecified atom stereocenters. The van der Waals surface area contributed by atoms with Gasteiger partial charge >= 0.3 is 5.97 Å². The third-order valence-corrected chi connectivity index (χ3v) is 3.06. The van der Waals surface area contributed by atoms with Crippen molar-refractivity contribution in [2.45, 2.75) is 38.7 Å². The van der Waals surface area contributed by atoms with Gasteiger partial charge in [-0.3, -0.25) is 14.3 Å². The van der Waals surface area contributed by atoms with Gasteiger partial charge in [-0.1, -0.05) is 0 Å². The molecule has 0 bridgehead atoms. The van der Waals surface area contributed by atoms with E-state index in [0.717, 1.165) is 0 Å². The summed E-state index contributed by atoms with van der Waals surface area (Å²) in [5.41, 5.74) is -2.72. The van der Waals surface area contributed by atoms with Crippen LogP contribution < -0.4 is 0 Å². The van der Waals surface area contributed by atoms with Crippen molar-refractivity contribution in [1.82, 2.24) is 9.78 Å². The van der Waals surface area contributed by atoms with Gasteiger partial charge in [0.15, 0.2) is 5.78 Å². The molecule has 0 amide bonds. The Labute approximate surface area is 116 Å². The highest BCUT2D eigenvalue weighted by Gasteiger charge is 2.47. The van der Waals surface area contributed by atoms with Gasteiger partial charge in [0.2, 0.25) is 0 Å². The van der Waals surface area contributed by atoms with Crippen LogP contribution in [-0.2, 0) is 22.0 Å². The van der Waals surface area contributed by atoms with E-state index < -0.39 is 60.4 Å². The first kappa shape index (κ1) is 15.5. The van der Waals surface area contributed by atoms with Crippen LogP contribution in [0.15, 0.2) is 0 Å². The maximum Gasteiger partial charge on any atom is 0.327 e. The Kier molecular flexibility index (Phi) is 4.02. The van der Waals surface area contributed by atoms with Gasteiger partial charge in [-0.15, -0.1) is 0 Å². The minimum Gasteiger partial charge on any atom is -0.465 e. The molecule has 1 aromatic rings. The highest BCUT2D eigenvalue weighted by Crippen LogP contribution is 2.42. The van der Waals surface area contributed by atoms with E-state index in [4.69, 9.17) is 0 Å². The van der Waals surface area contributed by atoms with Crippen LogP contribution in [0.25, 0.3) is 0 Å². The van der Waals surface area contributed by atoms with Crippen molar-refractivity contribution < 1.29 is 31.9 Å². The van der Waals surface area contributed by atoms with E-state index in [-0.39, 0.29) is 6.61 Å². The number of hydrogen-bond donors (Lipinski definition) is 0. The standard InChI is InChI=1S/C12H12F4N2O3/c1-2-21-7(20)5-18-10-8(9(17-18)11(13)14)6(19)3-4-12(10,15)16/h11H,2-5H2,1H3. The Morgan fingerprint density at radius 2 is 2.14 bits per heavy atom. The van der Waals surface area contributed by atoms with E-state index in [2.05, 4.69) is 9.84 Å². The number of aromatic nitrogens is 2. The molecule has 1 heterocycles. The number of ether oxygens (including phenoxy) is 1. The normalized spacial score (nSPS) is 17.0. The van der Waals surface area contributed by atoms with Crippen molar-refractivity contribution >= 4 is 11.8 Å². The number of ketones is 1. The fourth-order valence-corrected chi connectivity index (χ4v) is 2.24. The maximum atomic E-state index is 13.9. The highest BCUT2D eigenvalue weighted by atomic mass is 19.3. The van der Waals surface area contributed by atoms with Gasteiger partial charge in [0.25, 0.3) is 12.3 Å². The van der Waals surface area contributed by atoms with E-state index in [1.54, 1.807) is 0 Å². The molecule has 2 rings (SSSR count). The minimum atomic E-state index is -3.49. The number of fused-ring (bicyclic) bond motifs is 1. The summed E-state index contributed by atoms with van der Waals surface area (Å²) in [5.74, 6) is -5.20. The summed E-state index contributed by atoms with van der Waals surface area (Å²) < 4.78 is 58.7. The molecule has 1 aliphatic carbocycles. The van der Waals surface area contributed by atoms with Crippen LogP contribution in [0.1, 0.15) is 47.9 Å². The zero-order valence-corrected chi connectivity index (χ0v) is 11.0. The van der Waals surface area contributed by atoms with Gasteiger partial charge < -0.3 is 4.74 Å². The number of carbonyl (C=O) groups is 2. The molecule has 0 fully saturated rings. The lowest BCUT2D eigenvalue weighted by atomic mass is 9.91. The SMILES string of the molecule is CCOC(=O)Cn1nc(C(F)F)c2c1C(F)(F)CCC2=O. The lowest BCUT2D eigenvalue weighted by molar-refractivity contribution is -0.144. The molecular formula is C12H12F4N2O3. The van der Waals surface area contributed by atoms with E-state index >= 15 is 0 Å². The maximum absolute atomic E-state index is 13.9. The Balaban J connectivity index is 2.54. The number of rotatable bonds is 4. The molecule has 0 saturated heterocycles. The van der Waals surface area contributed by atoms with E-state index in [1.807, 2.05) is 0 Å². The van der Waals surface area contributed by atoms with Crippen molar-refractivity contribution in [3.8, 4) is 0 Å². The van der Waals surface area contributed by atoms with Crippen molar-refractivity contribution in [3.63, 3.8) is 0 Å². The molecule has 0 aromatic carbocycles. The number of halogens is 4. The lowest BCUT2D eigenvalue weighted by Crippen LogP contribution is -2.29. The largest absolute Gasteiger partial charge is 0.465 e. The number of hydrogen-bond acceptors (Lipinski definition) is 4. The van der Waals surface area contributed by atoms with Crippen LogP contribution in [-0.4, -0.2) is 28.1 Å². The molecule has 1 aromatic heterocycles. The Morgan fingerprint density at radius 1 is 1.48 bits per heavy atom. The summed E-state index contributed by atoms with van der Waals surface area (Å²) >= 11 is 0. The summed E-state index contributed by atoms with van der Waals surface area (Å²) in [4.78, 5) is 23.1. The molecule has 0 radical (unpaired) electrons. The summed E-state index contributed by atoms with van der Waals surface area (Å²) in [6, 6.07) is 0. The highest BCUT2D eigenvalue weighted by molar-refractivity contribution is 5.99. The Bertz CT molecular complexity index is 583. The number of carbonyl (C=O) groups excluding carboxylic acids is 2. The predicted molar refractivity (Wildman–Crippen MR) is 61.3 cm³/mol. The summed E-state index contributed by atoms with van der Waals surface area (Å²) in [7, 11) is 0. The van der Waals surface area contributed by atoms with Crippen LogP contribution in [0.3, 0.4) is 0 Å². The quantitative estimate of drug-likeness (QED) is 0.633. The first-order valence-corrected chi connectivity index (χ1v) is 6.24. The van der Waals surface area contributed by atoms with Gasteiger partial charge in [0.05, 0.1) is 12.2 Å². The zero-order chi connectivity index (χ0) is 15.8. The predicted octanol–water partition coefficient (Wildman–Crippen LogP) is 2.45. The van der Waals surface area contributed by atoms with Crippen LogP contribution in [0.5, 0.6) is 0 Å². The second kappa shape index (κ2) is 5.45. The molecular weight excluding hydrogens is 296 g/mol. The molecule has 0 saturated carbocycles. The van der Waals surface area contributed by atoms with Gasteiger partial charge in [0, 0.05) is 12.8 Å². The van der Waals surface area contributed by atoms with Gasteiger partial charge in [-0.25, -0.2) is 8.78 Å². The zero-order valence-electron chi connectivity index (χ0n) is 11.0. The number of Topliss-reactive ketones (excluding diaryl/α,β-unsaturated/α-hetero) is 1. The molecule has 5 nitrogen and oxygen atoms in total. The van der Waals surface area contributed by atoms with Crippen LogP contribution >= 0.6 is 0 Å². The van der Waals surface area contributed by atoms with Crippen molar-refractivity contribution in [3.05, 3.63) is 17.0 Å². The third-order valence-electron chi connectivity index (χ3n) is 3.06.